The molecule has 1 aliphatic heterocycles. The van der Waals surface area contributed by atoms with Crippen LogP contribution in [0.4, 0.5) is 18.6 Å². The highest BCUT2D eigenvalue weighted by atomic mass is 32.1. The molecule has 2 aromatic carbocycles. The number of methoxy groups -OCH3 is 2. The summed E-state index contributed by atoms with van der Waals surface area (Å²) in [5.74, 6) is -2.46. The van der Waals surface area contributed by atoms with Gasteiger partial charge in [-0.05, 0) is 30.0 Å². The van der Waals surface area contributed by atoms with Crippen LogP contribution in [0.15, 0.2) is 48.5 Å². The molecule has 1 fully saturated rings. The topological polar surface area (TPSA) is 102 Å². The molecule has 1 aromatic heterocycles. The van der Waals surface area contributed by atoms with Crippen molar-refractivity contribution in [3.8, 4) is 11.3 Å². The number of esters is 1. The quantitative estimate of drug-likeness (QED) is 0.385. The van der Waals surface area contributed by atoms with Gasteiger partial charge in [0.25, 0.3) is 0 Å². The number of anilines is 1. The summed E-state index contributed by atoms with van der Waals surface area (Å²) in [5, 5.41) is 9.58. The molecule has 1 unspecified atom stereocenters. The third-order valence-electron chi connectivity index (χ3n) is 6.03. The van der Waals surface area contributed by atoms with Crippen LogP contribution in [0.2, 0.25) is 0 Å². The van der Waals surface area contributed by atoms with Gasteiger partial charge < -0.3 is 20.1 Å². The van der Waals surface area contributed by atoms with Crippen molar-refractivity contribution in [3.63, 3.8) is 0 Å². The van der Waals surface area contributed by atoms with Crippen LogP contribution < -0.4 is 16.0 Å². The van der Waals surface area contributed by atoms with Crippen molar-refractivity contribution < 1.29 is 27.8 Å². The first-order valence-electron chi connectivity index (χ1n) is 11.3. The highest BCUT2D eigenvalue weighted by molar-refractivity contribution is 7.18. The van der Waals surface area contributed by atoms with Crippen LogP contribution in [-0.4, -0.2) is 50.3 Å². The van der Waals surface area contributed by atoms with Gasteiger partial charge >= 0.3 is 12.0 Å². The van der Waals surface area contributed by atoms with Gasteiger partial charge in [0, 0.05) is 31.8 Å². The molecule has 0 radical (unpaired) electrons. The Hall–Kier alpha value is -3.41. The highest BCUT2D eigenvalue weighted by Gasteiger charge is 2.32. The van der Waals surface area contributed by atoms with Crippen LogP contribution in [-0.2, 0) is 9.47 Å². The fourth-order valence-electron chi connectivity index (χ4n) is 4.18. The van der Waals surface area contributed by atoms with Crippen molar-refractivity contribution in [2.45, 2.75) is 18.6 Å². The molecular weight excluding hydrogens is 490 g/mol. The van der Waals surface area contributed by atoms with Gasteiger partial charge in [0.05, 0.1) is 13.2 Å². The summed E-state index contributed by atoms with van der Waals surface area (Å²) >= 11 is 1.03. The number of nitrogens with zero attached hydrogens (tertiary/aromatic N) is 1. The van der Waals surface area contributed by atoms with Crippen LogP contribution in [0.25, 0.3) is 11.3 Å². The maximum atomic E-state index is 13.7. The number of aromatic nitrogens is 1. The molecule has 0 saturated carbocycles. The Bertz CT molecular complexity index is 1220. The summed E-state index contributed by atoms with van der Waals surface area (Å²) in [4.78, 5) is 29.3. The molecule has 3 N–H and O–H groups in total. The molecule has 190 valence electrons. The first-order chi connectivity index (χ1) is 17.4. The Kier molecular flexibility index (Phi) is 8.24. The summed E-state index contributed by atoms with van der Waals surface area (Å²) < 4.78 is 37.4. The number of amides is 2. The van der Waals surface area contributed by atoms with Gasteiger partial charge in [-0.3, -0.25) is 5.32 Å². The van der Waals surface area contributed by atoms with E-state index >= 15 is 0 Å². The molecular formula is C25H26F2N4O4S. The van der Waals surface area contributed by atoms with Crippen LogP contribution in [0.1, 0.15) is 27.9 Å². The molecule has 11 heteroatoms. The molecule has 8 nitrogen and oxygen atoms in total. The Morgan fingerprint density at radius 1 is 1.14 bits per heavy atom. The van der Waals surface area contributed by atoms with Gasteiger partial charge in [-0.1, -0.05) is 47.7 Å². The number of urea groups is 1. The van der Waals surface area contributed by atoms with E-state index in [9.17, 15) is 18.4 Å². The number of benzene rings is 2. The van der Waals surface area contributed by atoms with Gasteiger partial charge in [-0.25, -0.2) is 23.4 Å². The zero-order valence-corrected chi connectivity index (χ0v) is 20.5. The molecule has 36 heavy (non-hydrogen) atoms. The normalized spacial score (nSPS) is 18.0. The molecule has 3 aromatic rings. The first kappa shape index (κ1) is 25.7. The molecule has 0 aliphatic carbocycles. The number of ether oxygens (including phenoxy) is 2. The number of carbonyl (C=O) groups is 2. The smallest absolute Gasteiger partial charge is 0.367 e. The van der Waals surface area contributed by atoms with Crippen molar-refractivity contribution >= 4 is 28.3 Å². The van der Waals surface area contributed by atoms with Crippen LogP contribution >= 0.6 is 11.3 Å². The number of carbonyl (C=O) groups excluding carboxylic acids is 2. The number of thiazole rings is 1. The molecule has 2 amide bonds. The van der Waals surface area contributed by atoms with E-state index in [4.69, 9.17) is 9.47 Å². The summed E-state index contributed by atoms with van der Waals surface area (Å²) in [6.07, 6.45) is 0.0214. The average Bonchev–Trinajstić information content (AvgIpc) is 3.51. The summed E-state index contributed by atoms with van der Waals surface area (Å²) in [7, 11) is 2.78. The second-order valence-corrected chi connectivity index (χ2v) is 9.31. The van der Waals surface area contributed by atoms with E-state index in [1.807, 2.05) is 30.3 Å². The number of halogens is 2. The van der Waals surface area contributed by atoms with Gasteiger partial charge in [-0.15, -0.1) is 0 Å². The van der Waals surface area contributed by atoms with E-state index < -0.39 is 29.7 Å². The molecule has 4 rings (SSSR count). The molecule has 3 atom stereocenters. The van der Waals surface area contributed by atoms with Crippen LogP contribution in [0.5, 0.6) is 0 Å². The third kappa shape index (κ3) is 5.86. The Labute approximate surface area is 211 Å². The van der Waals surface area contributed by atoms with Gasteiger partial charge in [0.1, 0.15) is 10.7 Å². The summed E-state index contributed by atoms with van der Waals surface area (Å²) in [5.41, 5.74) is 1.74. The Balaban J connectivity index is 1.46. The Morgan fingerprint density at radius 3 is 2.61 bits per heavy atom. The van der Waals surface area contributed by atoms with Crippen molar-refractivity contribution in [2.24, 2.45) is 5.92 Å². The van der Waals surface area contributed by atoms with E-state index in [1.165, 1.54) is 20.3 Å². The SMILES string of the molecule is COC(=O)c1nc(-c2ccccc2)c(NC(=O)N[C@@H]2CNC[C@H]2CC(OC)c2ccc(F)c(F)c2)s1. The lowest BCUT2D eigenvalue weighted by atomic mass is 9.93. The lowest BCUT2D eigenvalue weighted by Crippen LogP contribution is -2.43. The fraction of sp³-hybridized carbons (Fsp3) is 0.320. The third-order valence-corrected chi connectivity index (χ3v) is 6.99. The summed E-state index contributed by atoms with van der Waals surface area (Å²) in [6, 6.07) is 12.2. The zero-order chi connectivity index (χ0) is 25.7. The fourth-order valence-corrected chi connectivity index (χ4v) is 5.09. The van der Waals surface area contributed by atoms with Crippen molar-refractivity contribution in [1.82, 2.24) is 15.6 Å². The lowest BCUT2D eigenvalue weighted by molar-refractivity contribution is 0.0600. The van der Waals surface area contributed by atoms with Gasteiger partial charge in [0.2, 0.25) is 5.01 Å². The van der Waals surface area contributed by atoms with Gasteiger partial charge in [0.15, 0.2) is 11.6 Å². The summed E-state index contributed by atoms with van der Waals surface area (Å²) in [6.45, 7) is 1.16. The van der Waals surface area contributed by atoms with Crippen LogP contribution in [0.3, 0.4) is 0 Å². The minimum Gasteiger partial charge on any atom is -0.464 e. The highest BCUT2D eigenvalue weighted by Crippen LogP contribution is 2.34. The Morgan fingerprint density at radius 2 is 1.92 bits per heavy atom. The first-order valence-corrected chi connectivity index (χ1v) is 12.1. The number of hydrogen-bond acceptors (Lipinski definition) is 7. The minimum atomic E-state index is -0.932. The van der Waals surface area contributed by atoms with Gasteiger partial charge in [-0.2, -0.15) is 0 Å². The predicted octanol–water partition coefficient (Wildman–Crippen LogP) is 4.36. The standard InChI is InChI=1S/C25H26F2N4O4S/c1-34-20(15-8-9-17(26)18(27)10-15)11-16-12-28-13-19(16)29-25(33)31-22-21(14-6-4-3-5-7-14)30-23(36-22)24(32)35-2/h3-10,16,19-20,28H,11-13H2,1-2H3,(H2,29,31,33)/t16-,19-,20?/m1/s1. The largest absolute Gasteiger partial charge is 0.464 e. The monoisotopic (exact) mass is 516 g/mol. The van der Waals surface area contributed by atoms with E-state index in [-0.39, 0.29) is 17.0 Å². The van der Waals surface area contributed by atoms with E-state index in [0.717, 1.165) is 29.0 Å². The van der Waals surface area contributed by atoms with Crippen molar-refractivity contribution in [1.29, 1.82) is 0 Å². The van der Waals surface area contributed by atoms with E-state index in [0.29, 0.717) is 35.8 Å². The van der Waals surface area contributed by atoms with Crippen LogP contribution in [0, 0.1) is 17.6 Å². The average molecular weight is 517 g/mol. The lowest BCUT2D eigenvalue weighted by Gasteiger charge is -2.25. The number of rotatable bonds is 8. The second kappa shape index (κ2) is 11.5. The molecule has 0 spiro atoms. The molecule has 1 saturated heterocycles. The minimum absolute atomic E-state index is 0.0190. The molecule has 2 heterocycles. The number of nitrogens with one attached hydrogen (secondary N) is 3. The number of hydrogen-bond donors (Lipinski definition) is 3. The predicted molar refractivity (Wildman–Crippen MR) is 132 cm³/mol. The van der Waals surface area contributed by atoms with E-state index in [2.05, 4.69) is 20.9 Å². The molecule has 1 aliphatic rings. The maximum Gasteiger partial charge on any atom is 0.367 e. The second-order valence-electron chi connectivity index (χ2n) is 8.31. The van der Waals surface area contributed by atoms with Crippen molar-refractivity contribution in [2.75, 3.05) is 32.6 Å². The maximum absolute atomic E-state index is 13.7. The van der Waals surface area contributed by atoms with E-state index in [1.54, 1.807) is 0 Å². The van der Waals surface area contributed by atoms with Crippen molar-refractivity contribution in [3.05, 3.63) is 70.7 Å². The molecule has 0 bridgehead atoms. The zero-order valence-electron chi connectivity index (χ0n) is 19.7.